The molecule has 1 aliphatic heterocycles. The highest BCUT2D eigenvalue weighted by molar-refractivity contribution is 6.00. The summed E-state index contributed by atoms with van der Waals surface area (Å²) in [5.74, 6) is -3.94. The number of ketones is 1. The van der Waals surface area contributed by atoms with E-state index < -0.39 is 41.5 Å². The van der Waals surface area contributed by atoms with Gasteiger partial charge in [-0.15, -0.1) is 0 Å². The normalized spacial score (nSPS) is 23.0. The summed E-state index contributed by atoms with van der Waals surface area (Å²) in [5, 5.41) is 14.3. The predicted octanol–water partition coefficient (Wildman–Crippen LogP) is 4.50. The second-order valence-electron chi connectivity index (χ2n) is 7.76. The van der Waals surface area contributed by atoms with Crippen molar-refractivity contribution in [2.24, 2.45) is 5.92 Å². The van der Waals surface area contributed by atoms with Crippen molar-refractivity contribution < 1.29 is 36.7 Å². The monoisotopic (exact) mass is 462 g/mol. The van der Waals surface area contributed by atoms with Crippen LogP contribution < -0.4 is 10.6 Å². The predicted molar refractivity (Wildman–Crippen MR) is 109 cm³/mol. The van der Waals surface area contributed by atoms with Crippen LogP contribution in [0.3, 0.4) is 0 Å². The first-order valence-electron chi connectivity index (χ1n) is 9.84. The van der Waals surface area contributed by atoms with Crippen molar-refractivity contribution in [1.29, 1.82) is 0 Å². The molecule has 0 bridgehead atoms. The number of rotatable bonds is 4. The second kappa shape index (κ2) is 8.04. The molecule has 1 aromatic heterocycles. The van der Waals surface area contributed by atoms with E-state index in [-0.39, 0.29) is 17.1 Å². The van der Waals surface area contributed by atoms with E-state index in [1.54, 1.807) is 19.1 Å². The van der Waals surface area contributed by atoms with Gasteiger partial charge in [0.2, 0.25) is 5.72 Å². The molecule has 1 aliphatic rings. The zero-order valence-corrected chi connectivity index (χ0v) is 17.1. The van der Waals surface area contributed by atoms with Gasteiger partial charge in [-0.3, -0.25) is 4.79 Å². The molecular weight excluding hydrogens is 444 g/mol. The molecule has 2 aromatic carbocycles. The van der Waals surface area contributed by atoms with Crippen molar-refractivity contribution in [3.8, 4) is 11.3 Å². The van der Waals surface area contributed by atoms with Gasteiger partial charge < -0.3 is 20.2 Å². The minimum Gasteiger partial charge on any atom is -0.459 e. The molecule has 0 saturated carbocycles. The first-order valence-corrected chi connectivity index (χ1v) is 9.84. The number of hydrogen-bond acceptors (Lipinski definition) is 4. The molecule has 6 nitrogen and oxygen atoms in total. The first kappa shape index (κ1) is 22.5. The number of aliphatic hydroxyl groups is 1. The van der Waals surface area contributed by atoms with Crippen LogP contribution >= 0.6 is 0 Å². The molecule has 0 radical (unpaired) electrons. The Kier molecular flexibility index (Phi) is 5.49. The molecule has 3 atom stereocenters. The fourth-order valence-corrected chi connectivity index (χ4v) is 3.79. The lowest BCUT2D eigenvalue weighted by atomic mass is 9.79. The first-order chi connectivity index (χ1) is 15.5. The average Bonchev–Trinajstić information content (AvgIpc) is 3.23. The highest BCUT2D eigenvalue weighted by Gasteiger charge is 2.66. The van der Waals surface area contributed by atoms with E-state index >= 15 is 0 Å². The molecule has 2 heterocycles. The maximum atomic E-state index is 14.0. The number of hydrogen-bond donors (Lipinski definition) is 3. The minimum atomic E-state index is -5.38. The number of amides is 2. The van der Waals surface area contributed by atoms with Gasteiger partial charge in [-0.05, 0) is 31.2 Å². The molecule has 0 unspecified atom stereocenters. The van der Waals surface area contributed by atoms with Crippen molar-refractivity contribution >= 4 is 11.8 Å². The Morgan fingerprint density at radius 3 is 2.42 bits per heavy atom. The number of Topliss-reactive ketones (excluding diaryl/α,β-unsaturated/α-hetero) is 1. The summed E-state index contributed by atoms with van der Waals surface area (Å²) in [6, 6.07) is 10.7. The lowest BCUT2D eigenvalue weighted by molar-refractivity contribution is -0.288. The molecule has 0 aliphatic carbocycles. The molecule has 0 spiro atoms. The average molecular weight is 462 g/mol. The maximum absolute atomic E-state index is 14.0. The van der Waals surface area contributed by atoms with Gasteiger partial charge in [0.25, 0.3) is 0 Å². The van der Waals surface area contributed by atoms with Crippen LogP contribution in [0, 0.1) is 18.7 Å². The van der Waals surface area contributed by atoms with Crippen LogP contribution in [0.15, 0.2) is 65.1 Å². The number of carbonyl (C=O) groups excluding carboxylic acids is 2. The topological polar surface area (TPSA) is 91.6 Å². The molecule has 4 rings (SSSR count). The van der Waals surface area contributed by atoms with E-state index in [1.807, 2.05) is 0 Å². The number of halogens is 4. The maximum Gasteiger partial charge on any atom is 0.437 e. The van der Waals surface area contributed by atoms with Gasteiger partial charge in [0.1, 0.15) is 29.3 Å². The number of alkyl halides is 3. The quantitative estimate of drug-likeness (QED) is 0.393. The van der Waals surface area contributed by atoms with Crippen LogP contribution in [0.2, 0.25) is 0 Å². The van der Waals surface area contributed by atoms with Crippen molar-refractivity contribution in [3.63, 3.8) is 0 Å². The lowest BCUT2D eigenvalue weighted by Crippen LogP contribution is -2.72. The van der Waals surface area contributed by atoms with Gasteiger partial charge in [0, 0.05) is 11.1 Å². The van der Waals surface area contributed by atoms with Crippen LogP contribution in [0.1, 0.15) is 27.7 Å². The number of carbonyl (C=O) groups is 2. The van der Waals surface area contributed by atoms with Crippen molar-refractivity contribution in [2.75, 3.05) is 0 Å². The van der Waals surface area contributed by atoms with Crippen molar-refractivity contribution in [1.82, 2.24) is 10.6 Å². The Hall–Kier alpha value is -3.66. The SMILES string of the molecule is Cc1ccc(C(=O)[C@H]2[C@H](c3ccc(-c4cccc(F)c4)o3)NC(=O)N[C@@]2(O)C(F)(F)F)cc1. The molecule has 172 valence electrons. The van der Waals surface area contributed by atoms with E-state index in [1.165, 1.54) is 47.8 Å². The number of urea groups is 1. The number of benzene rings is 2. The third-order valence-electron chi connectivity index (χ3n) is 5.47. The van der Waals surface area contributed by atoms with Gasteiger partial charge in [-0.25, -0.2) is 9.18 Å². The smallest absolute Gasteiger partial charge is 0.437 e. The summed E-state index contributed by atoms with van der Waals surface area (Å²) in [7, 11) is 0. The standard InChI is InChI=1S/C23H18F4N2O4/c1-12-5-7-13(8-6-12)20(30)18-19(28-21(31)29-22(18,32)23(25,26)27)17-10-9-16(33-17)14-3-2-4-15(24)11-14/h2-11,18-19,32H,1H3,(H2,28,29,31)/t18-,19+,22+/m1/s1. The van der Waals surface area contributed by atoms with Crippen LogP contribution in [0.5, 0.6) is 0 Å². The van der Waals surface area contributed by atoms with Gasteiger partial charge in [-0.2, -0.15) is 13.2 Å². The Morgan fingerprint density at radius 2 is 1.79 bits per heavy atom. The lowest BCUT2D eigenvalue weighted by Gasteiger charge is -2.44. The Morgan fingerprint density at radius 1 is 1.09 bits per heavy atom. The van der Waals surface area contributed by atoms with Crippen molar-refractivity contribution in [3.05, 3.63) is 83.4 Å². The van der Waals surface area contributed by atoms with Crippen LogP contribution in [0.25, 0.3) is 11.3 Å². The fraction of sp³-hybridized carbons (Fsp3) is 0.217. The van der Waals surface area contributed by atoms with Crippen LogP contribution in [-0.2, 0) is 0 Å². The van der Waals surface area contributed by atoms with Crippen LogP contribution in [0.4, 0.5) is 22.4 Å². The molecule has 1 saturated heterocycles. The Labute approximate surface area is 185 Å². The third-order valence-corrected chi connectivity index (χ3v) is 5.47. The summed E-state index contributed by atoms with van der Waals surface area (Å²) >= 11 is 0. The highest BCUT2D eigenvalue weighted by Crippen LogP contribution is 2.44. The van der Waals surface area contributed by atoms with Gasteiger partial charge in [0.15, 0.2) is 5.78 Å². The largest absolute Gasteiger partial charge is 0.459 e. The van der Waals surface area contributed by atoms with Gasteiger partial charge in [-0.1, -0.05) is 42.0 Å². The molecule has 1 fully saturated rings. The molecular formula is C23H18F4N2O4. The highest BCUT2D eigenvalue weighted by atomic mass is 19.4. The van der Waals surface area contributed by atoms with Gasteiger partial charge in [0.05, 0.1) is 0 Å². The van der Waals surface area contributed by atoms with E-state index in [9.17, 15) is 32.3 Å². The minimum absolute atomic E-state index is 0.0897. The summed E-state index contributed by atoms with van der Waals surface area (Å²) in [4.78, 5) is 25.3. The number of aryl methyl sites for hydroxylation is 1. The second-order valence-corrected chi connectivity index (χ2v) is 7.76. The molecule has 3 aromatic rings. The third kappa shape index (κ3) is 4.09. The molecule has 33 heavy (non-hydrogen) atoms. The van der Waals surface area contributed by atoms with Crippen molar-refractivity contribution in [2.45, 2.75) is 24.9 Å². The van der Waals surface area contributed by atoms with E-state index in [4.69, 9.17) is 4.42 Å². The zero-order chi connectivity index (χ0) is 24.0. The summed E-state index contributed by atoms with van der Waals surface area (Å²) in [6.45, 7) is 1.74. The van der Waals surface area contributed by atoms with Crippen LogP contribution in [-0.4, -0.2) is 28.8 Å². The Bertz CT molecular complexity index is 1210. The number of nitrogens with one attached hydrogen (secondary N) is 2. The van der Waals surface area contributed by atoms with E-state index in [0.29, 0.717) is 5.56 Å². The van der Waals surface area contributed by atoms with E-state index in [2.05, 4.69) is 5.32 Å². The molecule has 10 heteroatoms. The van der Waals surface area contributed by atoms with E-state index in [0.717, 1.165) is 11.6 Å². The summed E-state index contributed by atoms with van der Waals surface area (Å²) < 4.78 is 61.1. The van der Waals surface area contributed by atoms with Gasteiger partial charge >= 0.3 is 12.2 Å². The summed E-state index contributed by atoms with van der Waals surface area (Å²) in [6.07, 6.45) is -5.38. The summed E-state index contributed by atoms with van der Waals surface area (Å²) in [5.41, 5.74) is -2.88. The molecule has 2 amide bonds. The zero-order valence-electron chi connectivity index (χ0n) is 17.1. The fourth-order valence-electron chi connectivity index (χ4n) is 3.79. The molecule has 3 N–H and O–H groups in total. The number of furan rings is 1. The Balaban J connectivity index is 1.81.